The van der Waals surface area contributed by atoms with Gasteiger partial charge in [0.2, 0.25) is 5.16 Å². The quantitative estimate of drug-likeness (QED) is 0.514. The number of nitrogens with zero attached hydrogens (tertiary/aromatic N) is 5. The second-order valence-electron chi connectivity index (χ2n) is 4.26. The van der Waals surface area contributed by atoms with Gasteiger partial charge in [-0.3, -0.25) is 10.1 Å². The highest BCUT2D eigenvalue weighted by atomic mass is 32.2. The summed E-state index contributed by atoms with van der Waals surface area (Å²) in [5, 5.41) is 22.9. The predicted molar refractivity (Wildman–Crippen MR) is 67.7 cm³/mol. The highest BCUT2D eigenvalue weighted by Gasteiger charge is 2.28. The van der Waals surface area contributed by atoms with Crippen LogP contribution >= 0.6 is 11.8 Å². The van der Waals surface area contributed by atoms with Crippen LogP contribution in [0.15, 0.2) is 28.3 Å². The van der Waals surface area contributed by atoms with Crippen molar-refractivity contribution < 1.29 is 4.92 Å². The Balaban J connectivity index is 1.90. The number of nitro benzene ring substituents is 1. The molecule has 2 aromatic rings. The molecular formula is C10H10N6O2S. The summed E-state index contributed by atoms with van der Waals surface area (Å²) in [5.74, 6) is 0. The molecule has 0 aliphatic heterocycles. The maximum Gasteiger partial charge on any atom is 0.272 e. The fourth-order valence-electron chi connectivity index (χ4n) is 1.68. The smallest absolute Gasteiger partial charge is 0.272 e. The van der Waals surface area contributed by atoms with E-state index >= 15 is 0 Å². The molecular weight excluding hydrogens is 268 g/mol. The maximum absolute atomic E-state index is 10.8. The van der Waals surface area contributed by atoms with E-state index in [1.807, 2.05) is 0 Å². The van der Waals surface area contributed by atoms with Crippen LogP contribution in [0.1, 0.15) is 18.9 Å². The number of tetrazole rings is 1. The predicted octanol–water partition coefficient (Wildman–Crippen LogP) is 1.65. The molecule has 0 bridgehead atoms. The minimum atomic E-state index is -0.468. The second-order valence-corrected chi connectivity index (χ2v) is 5.30. The van der Waals surface area contributed by atoms with Crippen LogP contribution in [0.25, 0.3) is 0 Å². The first-order chi connectivity index (χ1) is 9.13. The van der Waals surface area contributed by atoms with Crippen LogP contribution in [0.3, 0.4) is 0 Å². The summed E-state index contributed by atoms with van der Waals surface area (Å²) in [5.41, 5.74) is 5.98. The molecule has 1 fully saturated rings. The van der Waals surface area contributed by atoms with Gasteiger partial charge in [0, 0.05) is 22.7 Å². The molecule has 0 radical (unpaired) electrons. The Morgan fingerprint density at radius 1 is 1.42 bits per heavy atom. The lowest BCUT2D eigenvalue weighted by Gasteiger charge is -2.03. The van der Waals surface area contributed by atoms with Crippen molar-refractivity contribution in [2.75, 3.05) is 5.73 Å². The van der Waals surface area contributed by atoms with Crippen LogP contribution in [0.2, 0.25) is 0 Å². The molecule has 8 nitrogen and oxygen atoms in total. The van der Waals surface area contributed by atoms with Gasteiger partial charge in [0.25, 0.3) is 5.69 Å². The number of non-ortho nitro benzene ring substituents is 1. The number of rotatable bonds is 4. The average Bonchev–Trinajstić information content (AvgIpc) is 3.10. The minimum Gasteiger partial charge on any atom is -0.398 e. The number of anilines is 1. The zero-order valence-corrected chi connectivity index (χ0v) is 10.6. The third-order valence-corrected chi connectivity index (χ3v) is 3.61. The van der Waals surface area contributed by atoms with Gasteiger partial charge in [-0.15, -0.1) is 5.10 Å². The van der Waals surface area contributed by atoms with Crippen molar-refractivity contribution in [3.63, 3.8) is 0 Å². The summed E-state index contributed by atoms with van der Waals surface area (Å²) in [7, 11) is 0. The van der Waals surface area contributed by atoms with E-state index in [2.05, 4.69) is 15.5 Å². The molecule has 1 heterocycles. The van der Waals surface area contributed by atoms with Gasteiger partial charge in [0.05, 0.1) is 11.0 Å². The van der Waals surface area contributed by atoms with E-state index in [0.29, 0.717) is 21.8 Å². The van der Waals surface area contributed by atoms with Crippen LogP contribution in [-0.4, -0.2) is 25.1 Å². The lowest BCUT2D eigenvalue weighted by Crippen LogP contribution is -1.98. The number of nitro groups is 1. The van der Waals surface area contributed by atoms with Crippen molar-refractivity contribution in [1.29, 1.82) is 0 Å². The third-order valence-electron chi connectivity index (χ3n) is 2.69. The topological polar surface area (TPSA) is 113 Å². The van der Waals surface area contributed by atoms with E-state index in [0.717, 1.165) is 12.8 Å². The summed E-state index contributed by atoms with van der Waals surface area (Å²) in [6.07, 6.45) is 2.13. The van der Waals surface area contributed by atoms with E-state index in [4.69, 9.17) is 5.73 Å². The first-order valence-corrected chi connectivity index (χ1v) is 6.46. The molecule has 3 rings (SSSR count). The summed E-state index contributed by atoms with van der Waals surface area (Å²) in [6, 6.07) is 4.82. The number of benzene rings is 1. The number of nitrogen functional groups attached to an aromatic ring is 1. The summed E-state index contributed by atoms with van der Waals surface area (Å²) in [4.78, 5) is 11.0. The van der Waals surface area contributed by atoms with Crippen LogP contribution < -0.4 is 5.73 Å². The molecule has 0 spiro atoms. The van der Waals surface area contributed by atoms with Gasteiger partial charge in [-0.2, -0.15) is 0 Å². The highest BCUT2D eigenvalue weighted by molar-refractivity contribution is 7.99. The highest BCUT2D eigenvalue weighted by Crippen LogP contribution is 2.38. The summed E-state index contributed by atoms with van der Waals surface area (Å²) < 4.78 is 1.75. The van der Waals surface area contributed by atoms with Gasteiger partial charge < -0.3 is 5.73 Å². The van der Waals surface area contributed by atoms with Crippen molar-refractivity contribution in [1.82, 2.24) is 20.2 Å². The van der Waals surface area contributed by atoms with Gasteiger partial charge in [0.1, 0.15) is 0 Å². The Labute approximate surface area is 112 Å². The van der Waals surface area contributed by atoms with E-state index in [1.54, 1.807) is 10.7 Å². The number of hydrogen-bond donors (Lipinski definition) is 1. The minimum absolute atomic E-state index is 0.0343. The maximum atomic E-state index is 10.8. The summed E-state index contributed by atoms with van der Waals surface area (Å²) >= 11 is 1.28. The van der Waals surface area contributed by atoms with Gasteiger partial charge in [-0.1, -0.05) is 0 Å². The molecule has 0 amide bonds. The van der Waals surface area contributed by atoms with Gasteiger partial charge in [0.15, 0.2) is 0 Å². The van der Waals surface area contributed by atoms with Crippen molar-refractivity contribution in [3.05, 3.63) is 28.3 Å². The zero-order valence-electron chi connectivity index (χ0n) is 9.76. The second kappa shape index (κ2) is 4.50. The number of aromatic nitrogens is 4. The number of hydrogen-bond acceptors (Lipinski definition) is 7. The molecule has 1 aromatic carbocycles. The SMILES string of the molecule is Nc1cc(Sc2nnnn2C2CC2)cc([N+](=O)[O-])c1. The van der Waals surface area contributed by atoms with Crippen LogP contribution in [0, 0.1) is 10.1 Å². The first-order valence-electron chi connectivity index (χ1n) is 5.64. The van der Waals surface area contributed by atoms with E-state index in [1.165, 1.54) is 23.9 Å². The van der Waals surface area contributed by atoms with E-state index < -0.39 is 4.92 Å². The lowest BCUT2D eigenvalue weighted by atomic mass is 10.3. The molecule has 19 heavy (non-hydrogen) atoms. The Kier molecular flexibility index (Phi) is 2.82. The van der Waals surface area contributed by atoms with E-state index in [9.17, 15) is 10.1 Å². The van der Waals surface area contributed by atoms with Crippen molar-refractivity contribution in [2.24, 2.45) is 0 Å². The molecule has 0 unspecified atom stereocenters. The van der Waals surface area contributed by atoms with Crippen molar-refractivity contribution >= 4 is 23.1 Å². The lowest BCUT2D eigenvalue weighted by molar-refractivity contribution is -0.385. The normalized spacial score (nSPS) is 14.5. The Morgan fingerprint density at radius 3 is 2.89 bits per heavy atom. The molecule has 1 saturated carbocycles. The van der Waals surface area contributed by atoms with Crippen LogP contribution in [0.4, 0.5) is 11.4 Å². The zero-order chi connectivity index (χ0) is 13.4. The fourth-order valence-corrected chi connectivity index (χ4v) is 2.62. The van der Waals surface area contributed by atoms with Gasteiger partial charge in [-0.25, -0.2) is 4.68 Å². The van der Waals surface area contributed by atoms with Crippen LogP contribution in [-0.2, 0) is 0 Å². The monoisotopic (exact) mass is 278 g/mol. The molecule has 2 N–H and O–H groups in total. The van der Waals surface area contributed by atoms with Gasteiger partial charge >= 0.3 is 0 Å². The molecule has 0 saturated heterocycles. The average molecular weight is 278 g/mol. The molecule has 0 atom stereocenters. The first kappa shape index (κ1) is 11.9. The van der Waals surface area contributed by atoms with Crippen molar-refractivity contribution in [3.8, 4) is 0 Å². The Hall–Kier alpha value is -2.16. The van der Waals surface area contributed by atoms with E-state index in [-0.39, 0.29) is 5.69 Å². The summed E-state index contributed by atoms with van der Waals surface area (Å²) in [6.45, 7) is 0. The molecule has 1 aromatic heterocycles. The molecule has 1 aliphatic carbocycles. The van der Waals surface area contributed by atoms with Gasteiger partial charge in [-0.05, 0) is 41.1 Å². The fraction of sp³-hybridized carbons (Fsp3) is 0.300. The van der Waals surface area contributed by atoms with Crippen molar-refractivity contribution in [2.45, 2.75) is 28.9 Å². The number of nitrogens with two attached hydrogens (primary N) is 1. The Bertz CT molecular complexity index is 639. The van der Waals surface area contributed by atoms with Crippen LogP contribution in [0.5, 0.6) is 0 Å². The largest absolute Gasteiger partial charge is 0.398 e. The molecule has 9 heteroatoms. The molecule has 98 valence electrons. The molecule has 1 aliphatic rings. The Morgan fingerprint density at radius 2 is 2.21 bits per heavy atom. The third kappa shape index (κ3) is 2.50. The standard InChI is InChI=1S/C10H10N6O2S/c11-6-3-8(16(17)18)5-9(4-6)19-10-12-13-14-15(10)7-1-2-7/h3-5,7H,1-2,11H2.